The Morgan fingerprint density at radius 1 is 1.26 bits per heavy atom. The Morgan fingerprint density at radius 2 is 2.11 bits per heavy atom. The lowest BCUT2D eigenvalue weighted by molar-refractivity contribution is 0.112. The number of aromatic nitrogens is 4. The molecule has 1 aliphatic heterocycles. The number of H-pyrrole nitrogens is 1. The number of nitrogens with zero attached hydrogens (tertiary/aromatic N) is 4. The number of benzene rings is 1. The highest BCUT2D eigenvalue weighted by molar-refractivity contribution is 7.12. The summed E-state index contributed by atoms with van der Waals surface area (Å²) in [6.45, 7) is 3.97. The van der Waals surface area contributed by atoms with E-state index in [-0.39, 0.29) is 0 Å². The fourth-order valence-corrected chi connectivity index (χ4v) is 3.13. The van der Waals surface area contributed by atoms with Crippen molar-refractivity contribution in [2.24, 2.45) is 0 Å². The highest BCUT2D eigenvalue weighted by Crippen LogP contribution is 2.13. The standard InChI is InChI=1S/C8H6O.C7H11N3.C4H4N2OS/c1-2-4-8-7(3-1)5-6-9-8;1-10-3-2-6-7(4-10)9-5-8-6;1-3-5-6-4(2-7)8-3/h1-6H;5H,2-4H2,1H3,(H,8,9);2H,1H3. The normalized spacial score (nSPS) is 13.1. The van der Waals surface area contributed by atoms with Crippen molar-refractivity contribution in [3.63, 3.8) is 0 Å². The zero-order valence-corrected chi connectivity index (χ0v) is 16.1. The largest absolute Gasteiger partial charge is 0.464 e. The van der Waals surface area contributed by atoms with E-state index < -0.39 is 0 Å². The average molecular weight is 383 g/mol. The summed E-state index contributed by atoms with van der Waals surface area (Å²) in [5.41, 5.74) is 3.49. The number of nitrogens with one attached hydrogen (secondary N) is 1. The second-order valence-corrected chi connectivity index (χ2v) is 7.26. The van der Waals surface area contributed by atoms with Crippen LogP contribution in [0.25, 0.3) is 11.0 Å². The first kappa shape index (κ1) is 18.9. The summed E-state index contributed by atoms with van der Waals surface area (Å²) in [6.07, 6.45) is 5.27. The number of fused-ring (bicyclic) bond motifs is 2. The summed E-state index contributed by atoms with van der Waals surface area (Å²) in [5.74, 6) is 0. The van der Waals surface area contributed by atoms with Gasteiger partial charge in [-0.25, -0.2) is 4.98 Å². The van der Waals surface area contributed by atoms with Gasteiger partial charge in [-0.1, -0.05) is 29.5 Å². The van der Waals surface area contributed by atoms with Gasteiger partial charge in [0.2, 0.25) is 0 Å². The third kappa shape index (κ3) is 5.32. The van der Waals surface area contributed by atoms with E-state index in [0.717, 1.165) is 35.5 Å². The topological polar surface area (TPSA) is 87.9 Å². The molecular weight excluding hydrogens is 362 g/mol. The summed E-state index contributed by atoms with van der Waals surface area (Å²) in [4.78, 5) is 19.6. The van der Waals surface area contributed by atoms with Gasteiger partial charge in [-0.05, 0) is 26.1 Å². The molecule has 4 aromatic rings. The molecule has 7 nitrogen and oxygen atoms in total. The van der Waals surface area contributed by atoms with Gasteiger partial charge in [0.05, 0.1) is 24.0 Å². The van der Waals surface area contributed by atoms with Crippen LogP contribution < -0.4 is 0 Å². The SMILES string of the molecule is CN1CCc2nc[nH]c2C1.Cc1nnc(C=O)s1.c1ccc2occc2c1. The second-order valence-electron chi connectivity index (χ2n) is 6.05. The fraction of sp³-hybridized carbons (Fsp3) is 0.263. The van der Waals surface area contributed by atoms with E-state index in [4.69, 9.17) is 4.42 Å². The Balaban J connectivity index is 0.000000118. The van der Waals surface area contributed by atoms with Crippen LogP contribution in [0.15, 0.2) is 47.3 Å². The molecule has 0 saturated heterocycles. The Kier molecular flexibility index (Phi) is 6.45. The number of hydrogen-bond donors (Lipinski definition) is 1. The van der Waals surface area contributed by atoms with Gasteiger partial charge in [0.25, 0.3) is 0 Å². The van der Waals surface area contributed by atoms with Gasteiger partial charge < -0.3 is 14.3 Å². The molecule has 0 bridgehead atoms. The Morgan fingerprint density at radius 3 is 2.81 bits per heavy atom. The van der Waals surface area contributed by atoms with Crippen LogP contribution in [0.3, 0.4) is 0 Å². The highest BCUT2D eigenvalue weighted by Gasteiger charge is 2.13. The maximum absolute atomic E-state index is 9.93. The first-order valence-corrected chi connectivity index (χ1v) is 9.34. The van der Waals surface area contributed by atoms with E-state index in [2.05, 4.69) is 32.1 Å². The summed E-state index contributed by atoms with van der Waals surface area (Å²) in [7, 11) is 2.13. The number of furan rings is 1. The quantitative estimate of drug-likeness (QED) is 0.506. The minimum Gasteiger partial charge on any atom is -0.464 e. The summed E-state index contributed by atoms with van der Waals surface area (Å²) in [6, 6.07) is 9.90. The molecule has 0 fully saturated rings. The lowest BCUT2D eigenvalue weighted by atomic mass is 10.2. The monoisotopic (exact) mass is 383 g/mol. The van der Waals surface area contributed by atoms with Gasteiger partial charge in [0.1, 0.15) is 10.6 Å². The number of imidazole rings is 1. The van der Waals surface area contributed by atoms with Crippen LogP contribution in [0.4, 0.5) is 0 Å². The van der Waals surface area contributed by atoms with Gasteiger partial charge in [-0.3, -0.25) is 4.79 Å². The first-order chi connectivity index (χ1) is 13.2. The van der Waals surface area contributed by atoms with Crippen molar-refractivity contribution in [2.45, 2.75) is 19.9 Å². The predicted octanol–water partition coefficient (Wildman–Crippen LogP) is 3.49. The molecule has 0 atom stereocenters. The Bertz CT molecular complexity index is 961. The third-order valence-corrected chi connectivity index (χ3v) is 4.73. The average Bonchev–Trinajstić information content (AvgIpc) is 3.42. The van der Waals surface area contributed by atoms with Crippen molar-refractivity contribution in [1.29, 1.82) is 0 Å². The van der Waals surface area contributed by atoms with E-state index in [0.29, 0.717) is 11.3 Å². The van der Waals surface area contributed by atoms with Crippen LogP contribution in [0, 0.1) is 6.92 Å². The molecule has 0 spiro atoms. The number of hydrogen-bond acceptors (Lipinski definition) is 7. The Hall–Kier alpha value is -2.84. The zero-order chi connectivity index (χ0) is 19.1. The van der Waals surface area contributed by atoms with Crippen LogP contribution in [-0.2, 0) is 13.0 Å². The summed E-state index contributed by atoms with van der Waals surface area (Å²) < 4.78 is 5.12. The molecule has 140 valence electrons. The molecule has 1 N–H and O–H groups in total. The van der Waals surface area contributed by atoms with Crippen LogP contribution in [-0.4, -0.2) is 44.9 Å². The van der Waals surface area contributed by atoms with Crippen molar-refractivity contribution >= 4 is 28.6 Å². The van der Waals surface area contributed by atoms with Gasteiger partial charge in [0.15, 0.2) is 11.3 Å². The molecule has 0 saturated carbocycles. The lowest BCUT2D eigenvalue weighted by Gasteiger charge is -2.20. The molecule has 27 heavy (non-hydrogen) atoms. The number of rotatable bonds is 1. The predicted molar refractivity (Wildman–Crippen MR) is 105 cm³/mol. The second kappa shape index (κ2) is 9.20. The van der Waals surface area contributed by atoms with Crippen molar-refractivity contribution in [3.8, 4) is 0 Å². The molecule has 5 rings (SSSR count). The third-order valence-electron chi connectivity index (χ3n) is 3.97. The van der Waals surface area contributed by atoms with Crippen molar-refractivity contribution in [1.82, 2.24) is 25.1 Å². The number of aryl methyl sites for hydroxylation is 1. The number of carbonyl (C=O) groups is 1. The van der Waals surface area contributed by atoms with Gasteiger partial charge in [0, 0.05) is 24.9 Å². The van der Waals surface area contributed by atoms with Crippen LogP contribution in [0.1, 0.15) is 26.2 Å². The lowest BCUT2D eigenvalue weighted by Crippen LogP contribution is -2.26. The van der Waals surface area contributed by atoms with Crippen molar-refractivity contribution in [2.75, 3.05) is 13.6 Å². The molecule has 0 radical (unpaired) electrons. The molecule has 4 heterocycles. The van der Waals surface area contributed by atoms with E-state index in [1.54, 1.807) is 12.6 Å². The number of likely N-dealkylation sites (N-methyl/N-ethyl adjacent to an activating group) is 1. The maximum atomic E-state index is 9.93. The number of aldehydes is 1. The van der Waals surface area contributed by atoms with Crippen LogP contribution in [0.2, 0.25) is 0 Å². The molecule has 1 aromatic carbocycles. The maximum Gasteiger partial charge on any atom is 0.180 e. The molecule has 0 aliphatic carbocycles. The minimum atomic E-state index is 0.447. The smallest absolute Gasteiger partial charge is 0.180 e. The molecule has 3 aromatic heterocycles. The zero-order valence-electron chi connectivity index (χ0n) is 15.3. The van der Waals surface area contributed by atoms with Gasteiger partial charge >= 0.3 is 0 Å². The van der Waals surface area contributed by atoms with Crippen LogP contribution in [0.5, 0.6) is 0 Å². The fourth-order valence-electron chi connectivity index (χ4n) is 2.61. The van der Waals surface area contributed by atoms with Crippen LogP contribution >= 0.6 is 11.3 Å². The molecule has 8 heteroatoms. The first-order valence-electron chi connectivity index (χ1n) is 8.53. The van der Waals surface area contributed by atoms with E-state index >= 15 is 0 Å². The Labute approximate surface area is 161 Å². The molecule has 0 amide bonds. The molecule has 0 unspecified atom stereocenters. The van der Waals surface area contributed by atoms with Crippen molar-refractivity contribution in [3.05, 3.63) is 64.3 Å². The summed E-state index contributed by atoms with van der Waals surface area (Å²) >= 11 is 1.30. The van der Waals surface area contributed by atoms with E-state index in [9.17, 15) is 4.79 Å². The van der Waals surface area contributed by atoms with E-state index in [1.165, 1.54) is 22.7 Å². The van der Waals surface area contributed by atoms with Gasteiger partial charge in [-0.2, -0.15) is 0 Å². The number of aromatic amines is 1. The number of carbonyl (C=O) groups excluding carboxylic acids is 1. The van der Waals surface area contributed by atoms with Crippen molar-refractivity contribution < 1.29 is 9.21 Å². The number of para-hydroxylation sites is 1. The van der Waals surface area contributed by atoms with E-state index in [1.807, 2.05) is 37.3 Å². The summed E-state index contributed by atoms with van der Waals surface area (Å²) in [5, 5.41) is 9.60. The van der Waals surface area contributed by atoms with Gasteiger partial charge in [-0.15, -0.1) is 10.2 Å². The highest BCUT2D eigenvalue weighted by atomic mass is 32.1. The molecular formula is C19H21N5O2S. The minimum absolute atomic E-state index is 0.447. The molecule has 1 aliphatic rings.